The van der Waals surface area contributed by atoms with Crippen molar-refractivity contribution in [3.05, 3.63) is 65.0 Å². The van der Waals surface area contributed by atoms with E-state index in [0.717, 1.165) is 5.56 Å². The maximum Gasteiger partial charge on any atom is 0.255 e. The van der Waals surface area contributed by atoms with Gasteiger partial charge in [0.15, 0.2) is 0 Å². The molecule has 3 nitrogen and oxygen atoms in total. The van der Waals surface area contributed by atoms with Crippen molar-refractivity contribution in [1.29, 1.82) is 0 Å². The fourth-order valence-electron chi connectivity index (χ4n) is 1.78. The quantitative estimate of drug-likeness (QED) is 0.832. The first-order valence-electron chi connectivity index (χ1n) is 6.46. The van der Waals surface area contributed by atoms with Crippen molar-refractivity contribution in [2.24, 2.45) is 5.73 Å². The number of aryl methyl sites for hydroxylation is 1. The Labute approximate surface area is 123 Å². The van der Waals surface area contributed by atoms with Crippen molar-refractivity contribution in [2.75, 3.05) is 11.9 Å². The number of carbonyl (C=O) groups is 1. The van der Waals surface area contributed by atoms with E-state index in [9.17, 15) is 9.18 Å². The van der Waals surface area contributed by atoms with E-state index in [1.807, 2.05) is 0 Å². The van der Waals surface area contributed by atoms with Gasteiger partial charge in [0.25, 0.3) is 5.91 Å². The van der Waals surface area contributed by atoms with Gasteiger partial charge < -0.3 is 11.1 Å². The fraction of sp³-hybridized carbons (Fsp3) is 0.118. The van der Waals surface area contributed by atoms with E-state index < -0.39 is 0 Å². The summed E-state index contributed by atoms with van der Waals surface area (Å²) in [6, 6.07) is 11.4. The van der Waals surface area contributed by atoms with E-state index in [1.165, 1.54) is 18.2 Å². The first-order chi connectivity index (χ1) is 10.1. The van der Waals surface area contributed by atoms with Gasteiger partial charge in [0, 0.05) is 16.8 Å². The predicted molar refractivity (Wildman–Crippen MR) is 81.5 cm³/mol. The molecule has 0 bridgehead atoms. The fourth-order valence-corrected chi connectivity index (χ4v) is 1.78. The predicted octanol–water partition coefficient (Wildman–Crippen LogP) is 2.70. The maximum absolute atomic E-state index is 13.2. The number of carbonyl (C=O) groups excluding carboxylic acids is 1. The molecule has 2 aromatic carbocycles. The molecule has 106 valence electrons. The molecular weight excluding hydrogens is 267 g/mol. The SMILES string of the molecule is Cc1cc(C(=O)Nc2ccc(C#CCN)cc2)ccc1F. The van der Waals surface area contributed by atoms with Crippen molar-refractivity contribution in [3.63, 3.8) is 0 Å². The van der Waals surface area contributed by atoms with Crippen molar-refractivity contribution in [2.45, 2.75) is 6.92 Å². The van der Waals surface area contributed by atoms with Crippen molar-refractivity contribution in [1.82, 2.24) is 0 Å². The summed E-state index contributed by atoms with van der Waals surface area (Å²) in [5.74, 6) is 5.05. The zero-order valence-corrected chi connectivity index (χ0v) is 11.6. The van der Waals surface area contributed by atoms with Gasteiger partial charge in [-0.25, -0.2) is 4.39 Å². The lowest BCUT2D eigenvalue weighted by Crippen LogP contribution is -2.12. The number of nitrogens with one attached hydrogen (secondary N) is 1. The Morgan fingerprint density at radius 2 is 1.95 bits per heavy atom. The van der Waals surface area contributed by atoms with Gasteiger partial charge in [-0.1, -0.05) is 11.8 Å². The van der Waals surface area contributed by atoms with Crippen LogP contribution in [0.1, 0.15) is 21.5 Å². The molecule has 0 saturated heterocycles. The standard InChI is InChI=1S/C17H15FN2O/c1-12-11-14(6-9-16(12)18)17(21)20-15-7-4-13(5-8-15)3-2-10-19/h4-9,11H,10,19H2,1H3,(H,20,21). The number of hydrogen-bond donors (Lipinski definition) is 2. The minimum absolute atomic E-state index is 0.279. The Kier molecular flexibility index (Phi) is 4.70. The summed E-state index contributed by atoms with van der Waals surface area (Å²) in [4.78, 5) is 12.1. The smallest absolute Gasteiger partial charge is 0.255 e. The average molecular weight is 282 g/mol. The van der Waals surface area contributed by atoms with Crippen LogP contribution in [0.15, 0.2) is 42.5 Å². The van der Waals surface area contributed by atoms with Gasteiger partial charge in [-0.05, 0) is 55.0 Å². The molecule has 0 aliphatic rings. The highest BCUT2D eigenvalue weighted by molar-refractivity contribution is 6.04. The largest absolute Gasteiger partial charge is 0.322 e. The summed E-state index contributed by atoms with van der Waals surface area (Å²) in [6.45, 7) is 1.93. The zero-order chi connectivity index (χ0) is 15.2. The third-order valence-corrected chi connectivity index (χ3v) is 2.90. The first kappa shape index (κ1) is 14.8. The minimum Gasteiger partial charge on any atom is -0.322 e. The molecule has 0 saturated carbocycles. The second-order valence-corrected chi connectivity index (χ2v) is 4.50. The Morgan fingerprint density at radius 1 is 1.24 bits per heavy atom. The summed E-state index contributed by atoms with van der Waals surface area (Å²) in [5, 5.41) is 2.75. The topological polar surface area (TPSA) is 55.1 Å². The summed E-state index contributed by atoms with van der Waals surface area (Å²) in [5.41, 5.74) is 7.64. The maximum atomic E-state index is 13.2. The number of halogens is 1. The molecule has 2 rings (SSSR count). The molecule has 0 spiro atoms. The van der Waals surface area contributed by atoms with E-state index in [4.69, 9.17) is 5.73 Å². The van der Waals surface area contributed by atoms with E-state index in [-0.39, 0.29) is 11.7 Å². The van der Waals surface area contributed by atoms with Gasteiger partial charge >= 0.3 is 0 Å². The molecule has 3 N–H and O–H groups in total. The van der Waals surface area contributed by atoms with Crippen LogP contribution in [0.5, 0.6) is 0 Å². The number of nitrogens with two attached hydrogens (primary N) is 1. The molecule has 0 fully saturated rings. The minimum atomic E-state index is -0.325. The molecule has 0 aliphatic heterocycles. The molecule has 1 amide bonds. The molecule has 0 unspecified atom stereocenters. The highest BCUT2D eigenvalue weighted by Gasteiger charge is 2.08. The van der Waals surface area contributed by atoms with Crippen molar-refractivity contribution in [3.8, 4) is 11.8 Å². The van der Waals surface area contributed by atoms with Crippen LogP contribution in [0.25, 0.3) is 0 Å². The Morgan fingerprint density at radius 3 is 2.57 bits per heavy atom. The normalized spacial score (nSPS) is 9.67. The van der Waals surface area contributed by atoms with Crippen LogP contribution in [-0.4, -0.2) is 12.5 Å². The molecule has 0 heterocycles. The van der Waals surface area contributed by atoms with Crippen LogP contribution >= 0.6 is 0 Å². The Bertz CT molecular complexity index is 712. The van der Waals surface area contributed by atoms with Crippen LogP contribution in [-0.2, 0) is 0 Å². The number of amides is 1. The number of benzene rings is 2. The average Bonchev–Trinajstić information content (AvgIpc) is 2.49. The van der Waals surface area contributed by atoms with Crippen LogP contribution in [0, 0.1) is 24.6 Å². The van der Waals surface area contributed by atoms with Crippen LogP contribution in [0.3, 0.4) is 0 Å². The molecule has 21 heavy (non-hydrogen) atoms. The van der Waals surface area contributed by atoms with Crippen molar-refractivity contribution < 1.29 is 9.18 Å². The molecule has 0 aromatic heterocycles. The lowest BCUT2D eigenvalue weighted by molar-refractivity contribution is 0.102. The Balaban J connectivity index is 2.10. The number of hydrogen-bond acceptors (Lipinski definition) is 2. The van der Waals surface area contributed by atoms with Crippen LogP contribution < -0.4 is 11.1 Å². The summed E-state index contributed by atoms with van der Waals surface area (Å²) in [7, 11) is 0. The van der Waals surface area contributed by atoms with E-state index in [1.54, 1.807) is 31.2 Å². The monoisotopic (exact) mass is 282 g/mol. The molecule has 0 radical (unpaired) electrons. The molecule has 0 aliphatic carbocycles. The summed E-state index contributed by atoms with van der Waals surface area (Å²) in [6.07, 6.45) is 0. The van der Waals surface area contributed by atoms with E-state index >= 15 is 0 Å². The van der Waals surface area contributed by atoms with Gasteiger partial charge in [-0.3, -0.25) is 4.79 Å². The molecular formula is C17H15FN2O. The van der Waals surface area contributed by atoms with Gasteiger partial charge in [0.2, 0.25) is 0 Å². The van der Waals surface area contributed by atoms with Gasteiger partial charge in [0.05, 0.1) is 6.54 Å². The van der Waals surface area contributed by atoms with Crippen LogP contribution in [0.4, 0.5) is 10.1 Å². The third kappa shape index (κ3) is 3.91. The van der Waals surface area contributed by atoms with Gasteiger partial charge in [-0.2, -0.15) is 0 Å². The number of anilines is 1. The first-order valence-corrected chi connectivity index (χ1v) is 6.46. The summed E-state index contributed by atoms with van der Waals surface area (Å²) < 4.78 is 13.2. The lowest BCUT2D eigenvalue weighted by atomic mass is 10.1. The van der Waals surface area contributed by atoms with Gasteiger partial charge in [0.1, 0.15) is 5.82 Å². The van der Waals surface area contributed by atoms with E-state index in [2.05, 4.69) is 17.2 Å². The molecule has 0 atom stereocenters. The van der Waals surface area contributed by atoms with E-state index in [0.29, 0.717) is 23.4 Å². The van der Waals surface area contributed by atoms with Crippen LogP contribution in [0.2, 0.25) is 0 Å². The Hall–Kier alpha value is -2.64. The molecule has 4 heteroatoms. The number of rotatable bonds is 2. The highest BCUT2D eigenvalue weighted by atomic mass is 19.1. The third-order valence-electron chi connectivity index (χ3n) is 2.90. The summed E-state index contributed by atoms with van der Waals surface area (Å²) >= 11 is 0. The second-order valence-electron chi connectivity index (χ2n) is 4.50. The lowest BCUT2D eigenvalue weighted by Gasteiger charge is -2.06. The highest BCUT2D eigenvalue weighted by Crippen LogP contribution is 2.13. The van der Waals surface area contributed by atoms with Gasteiger partial charge in [-0.15, -0.1) is 0 Å². The molecule has 2 aromatic rings. The second kappa shape index (κ2) is 6.69. The zero-order valence-electron chi connectivity index (χ0n) is 11.6. The van der Waals surface area contributed by atoms with Crippen molar-refractivity contribution >= 4 is 11.6 Å².